The van der Waals surface area contributed by atoms with E-state index >= 15 is 0 Å². The predicted octanol–water partition coefficient (Wildman–Crippen LogP) is 6.02. The molecule has 2 aliphatic carbocycles. The molecular formula is C24H44O4. The van der Waals surface area contributed by atoms with E-state index in [4.69, 9.17) is 9.47 Å². The highest BCUT2D eigenvalue weighted by molar-refractivity contribution is 5.66. The molecule has 6 atom stereocenters. The molecule has 2 fully saturated rings. The molecule has 0 spiro atoms. The molecule has 2 saturated carbocycles. The number of hydrogen-bond donors (Lipinski definition) is 0. The fraction of sp³-hybridized carbons (Fsp3) is 0.917. The first-order valence-corrected chi connectivity index (χ1v) is 11.4. The molecule has 0 aromatic rings. The standard InChI is InChI=1S/2C12H22O2/c2*1-8(2)11-6-5-9(3)7-12(11)14-10(4)13/h2*8-9,11-12H,5-7H2,1-4H3/t2*9-,11+,12-/m10/s1. The van der Waals surface area contributed by atoms with Gasteiger partial charge in [0.1, 0.15) is 12.2 Å². The summed E-state index contributed by atoms with van der Waals surface area (Å²) in [5.41, 5.74) is 0. The molecule has 0 aromatic heterocycles. The summed E-state index contributed by atoms with van der Waals surface area (Å²) in [6.45, 7) is 16.4. The van der Waals surface area contributed by atoms with Crippen molar-refractivity contribution in [2.45, 2.75) is 106 Å². The van der Waals surface area contributed by atoms with E-state index in [9.17, 15) is 9.59 Å². The van der Waals surface area contributed by atoms with E-state index in [0.29, 0.717) is 35.5 Å². The number of ether oxygens (including phenoxy) is 2. The number of esters is 2. The van der Waals surface area contributed by atoms with Crippen molar-refractivity contribution in [3.63, 3.8) is 0 Å². The van der Waals surface area contributed by atoms with Crippen LogP contribution in [0.25, 0.3) is 0 Å². The molecule has 164 valence electrons. The van der Waals surface area contributed by atoms with Crippen LogP contribution < -0.4 is 0 Å². The topological polar surface area (TPSA) is 52.6 Å². The predicted molar refractivity (Wildman–Crippen MR) is 114 cm³/mol. The average molecular weight is 397 g/mol. The molecule has 0 saturated heterocycles. The largest absolute Gasteiger partial charge is 0.462 e. The van der Waals surface area contributed by atoms with Gasteiger partial charge in [-0.3, -0.25) is 9.59 Å². The van der Waals surface area contributed by atoms with Gasteiger partial charge in [-0.25, -0.2) is 0 Å². The molecule has 2 rings (SSSR count). The van der Waals surface area contributed by atoms with Gasteiger partial charge in [0.05, 0.1) is 0 Å². The Balaban J connectivity index is 0.000000280. The summed E-state index contributed by atoms with van der Waals surface area (Å²) in [4.78, 5) is 21.9. The van der Waals surface area contributed by atoms with Gasteiger partial charge in [-0.15, -0.1) is 0 Å². The van der Waals surface area contributed by atoms with Gasteiger partial charge in [0, 0.05) is 13.8 Å². The van der Waals surface area contributed by atoms with E-state index in [1.54, 1.807) is 0 Å². The third kappa shape index (κ3) is 8.53. The minimum Gasteiger partial charge on any atom is -0.462 e. The van der Waals surface area contributed by atoms with Crippen molar-refractivity contribution in [3.8, 4) is 0 Å². The Bertz CT molecular complexity index is 441. The molecule has 0 amide bonds. The Kier molecular flexibility index (Phi) is 10.5. The van der Waals surface area contributed by atoms with E-state index in [1.165, 1.54) is 39.5 Å². The Labute approximate surface area is 173 Å². The van der Waals surface area contributed by atoms with Crippen LogP contribution in [0.1, 0.15) is 93.9 Å². The van der Waals surface area contributed by atoms with Crippen LogP contribution in [0.3, 0.4) is 0 Å². The van der Waals surface area contributed by atoms with Gasteiger partial charge in [-0.2, -0.15) is 0 Å². The lowest BCUT2D eigenvalue weighted by Gasteiger charge is -2.36. The smallest absolute Gasteiger partial charge is 0.302 e. The van der Waals surface area contributed by atoms with Crippen LogP contribution in [0.2, 0.25) is 0 Å². The quantitative estimate of drug-likeness (QED) is 0.545. The molecule has 0 radical (unpaired) electrons. The molecule has 0 heterocycles. The molecule has 0 aliphatic heterocycles. The van der Waals surface area contributed by atoms with Crippen molar-refractivity contribution in [3.05, 3.63) is 0 Å². The average Bonchev–Trinajstić information content (AvgIpc) is 2.53. The lowest BCUT2D eigenvalue weighted by Crippen LogP contribution is -2.35. The summed E-state index contributed by atoms with van der Waals surface area (Å²) in [5, 5.41) is 0. The molecule has 0 bridgehead atoms. The van der Waals surface area contributed by atoms with Crippen LogP contribution >= 0.6 is 0 Å². The number of hydrogen-bond acceptors (Lipinski definition) is 4. The van der Waals surface area contributed by atoms with Crippen LogP contribution in [0.15, 0.2) is 0 Å². The number of carbonyl (C=O) groups excluding carboxylic acids is 2. The number of rotatable bonds is 4. The van der Waals surface area contributed by atoms with Gasteiger partial charge in [0.25, 0.3) is 0 Å². The monoisotopic (exact) mass is 396 g/mol. The molecule has 0 aromatic carbocycles. The maximum atomic E-state index is 11.0. The normalized spacial score (nSPS) is 33.1. The summed E-state index contributed by atoms with van der Waals surface area (Å²) in [5.74, 6) is 3.51. The number of carbonyl (C=O) groups is 2. The summed E-state index contributed by atoms with van der Waals surface area (Å²) in [6.07, 6.45) is 7.38. The van der Waals surface area contributed by atoms with Gasteiger partial charge >= 0.3 is 11.9 Å². The zero-order valence-electron chi connectivity index (χ0n) is 19.5. The lowest BCUT2D eigenvalue weighted by molar-refractivity contribution is -0.154. The second-order valence-electron chi connectivity index (χ2n) is 9.95. The Morgan fingerprint density at radius 1 is 0.679 bits per heavy atom. The summed E-state index contributed by atoms with van der Waals surface area (Å²) < 4.78 is 10.8. The Morgan fingerprint density at radius 2 is 1.00 bits per heavy atom. The summed E-state index contributed by atoms with van der Waals surface area (Å²) in [6, 6.07) is 0. The van der Waals surface area contributed by atoms with Crippen molar-refractivity contribution in [2.75, 3.05) is 0 Å². The highest BCUT2D eigenvalue weighted by Gasteiger charge is 2.33. The molecule has 2 aliphatic rings. The molecule has 4 heteroatoms. The van der Waals surface area contributed by atoms with Crippen molar-refractivity contribution in [1.82, 2.24) is 0 Å². The van der Waals surface area contributed by atoms with Crippen molar-refractivity contribution < 1.29 is 19.1 Å². The maximum absolute atomic E-state index is 11.0. The second-order valence-corrected chi connectivity index (χ2v) is 9.95. The molecule has 28 heavy (non-hydrogen) atoms. The van der Waals surface area contributed by atoms with E-state index in [2.05, 4.69) is 41.5 Å². The van der Waals surface area contributed by atoms with Gasteiger partial charge < -0.3 is 9.47 Å². The molecule has 0 N–H and O–H groups in total. The third-order valence-corrected chi connectivity index (χ3v) is 6.56. The molecule has 0 unspecified atom stereocenters. The van der Waals surface area contributed by atoms with Gasteiger partial charge in [0.2, 0.25) is 0 Å². The van der Waals surface area contributed by atoms with Gasteiger partial charge in [-0.1, -0.05) is 54.4 Å². The fourth-order valence-electron chi connectivity index (χ4n) is 4.93. The van der Waals surface area contributed by atoms with Gasteiger partial charge in [-0.05, 0) is 61.2 Å². The minimum atomic E-state index is -0.130. The SMILES string of the molecule is CC(=O)O[C@@H]1C[C@H](C)CC[C@H]1C(C)C.CC(=O)O[C@H]1C[C@@H](C)CC[C@@H]1C(C)C. The van der Waals surface area contributed by atoms with Crippen molar-refractivity contribution in [1.29, 1.82) is 0 Å². The fourth-order valence-corrected chi connectivity index (χ4v) is 4.93. The van der Waals surface area contributed by atoms with Crippen LogP contribution in [0, 0.1) is 35.5 Å². The lowest BCUT2D eigenvalue weighted by atomic mass is 9.75. The highest BCUT2D eigenvalue weighted by atomic mass is 16.5. The van der Waals surface area contributed by atoms with Crippen molar-refractivity contribution in [2.24, 2.45) is 35.5 Å². The third-order valence-electron chi connectivity index (χ3n) is 6.56. The zero-order chi connectivity index (χ0) is 21.4. The van der Waals surface area contributed by atoms with E-state index in [1.807, 2.05) is 0 Å². The van der Waals surface area contributed by atoms with Gasteiger partial charge in [0.15, 0.2) is 0 Å². The zero-order valence-corrected chi connectivity index (χ0v) is 19.5. The summed E-state index contributed by atoms with van der Waals surface area (Å²) in [7, 11) is 0. The first kappa shape index (κ1) is 25.0. The Hall–Kier alpha value is -1.06. The first-order chi connectivity index (χ1) is 13.0. The Morgan fingerprint density at radius 3 is 1.25 bits per heavy atom. The highest BCUT2D eigenvalue weighted by Crippen LogP contribution is 2.36. The van der Waals surface area contributed by atoms with Crippen LogP contribution in [-0.2, 0) is 19.1 Å². The minimum absolute atomic E-state index is 0.130. The molecular weight excluding hydrogens is 352 g/mol. The summed E-state index contributed by atoms with van der Waals surface area (Å²) >= 11 is 0. The van der Waals surface area contributed by atoms with Crippen LogP contribution in [0.5, 0.6) is 0 Å². The second kappa shape index (κ2) is 11.8. The van der Waals surface area contributed by atoms with Crippen molar-refractivity contribution >= 4 is 11.9 Å². The van der Waals surface area contributed by atoms with E-state index < -0.39 is 0 Å². The van der Waals surface area contributed by atoms with Crippen LogP contribution in [-0.4, -0.2) is 24.1 Å². The van der Waals surface area contributed by atoms with Crippen LogP contribution in [0.4, 0.5) is 0 Å². The van der Waals surface area contributed by atoms with E-state index in [0.717, 1.165) is 12.8 Å². The maximum Gasteiger partial charge on any atom is 0.302 e. The first-order valence-electron chi connectivity index (χ1n) is 11.4. The van der Waals surface area contributed by atoms with E-state index in [-0.39, 0.29) is 24.1 Å². The molecule has 4 nitrogen and oxygen atoms in total.